The summed E-state index contributed by atoms with van der Waals surface area (Å²) in [5.41, 5.74) is 3.94. The summed E-state index contributed by atoms with van der Waals surface area (Å²) < 4.78 is 41.0. The van der Waals surface area contributed by atoms with Crippen molar-refractivity contribution in [3.63, 3.8) is 0 Å². The Morgan fingerprint density at radius 2 is 1.92 bits per heavy atom. The molecule has 1 aliphatic rings. The van der Waals surface area contributed by atoms with Gasteiger partial charge in [-0.2, -0.15) is 0 Å². The van der Waals surface area contributed by atoms with Crippen LogP contribution < -0.4 is 15.4 Å². The van der Waals surface area contributed by atoms with Gasteiger partial charge in [-0.1, -0.05) is 29.8 Å². The lowest BCUT2D eigenvalue weighted by Gasteiger charge is -2.17. The molecule has 0 fully saturated rings. The zero-order valence-electron chi connectivity index (χ0n) is 13.4. The van der Waals surface area contributed by atoms with Crippen LogP contribution >= 0.6 is 11.6 Å². The third kappa shape index (κ3) is 4.80. The van der Waals surface area contributed by atoms with E-state index in [1.165, 1.54) is 29.3 Å². The van der Waals surface area contributed by atoms with E-state index in [1.54, 1.807) is 6.07 Å². The van der Waals surface area contributed by atoms with Crippen LogP contribution in [0.15, 0.2) is 36.4 Å². The van der Waals surface area contributed by atoms with Crippen LogP contribution in [0.25, 0.3) is 0 Å². The number of fused-ring (bicyclic) bond motifs is 1. The standard InChI is InChI=1S/C18H18ClF3N2O/c19-16-5-4-13-6-8-23-9-7-15(13)17(16)24-11-12-2-1-3-14(10-12)25-18(20,21)22/h1-5,10,23-24H,6-9,11H2. The minimum Gasteiger partial charge on any atom is -0.406 e. The van der Waals surface area contributed by atoms with E-state index in [0.717, 1.165) is 31.6 Å². The Bertz CT molecular complexity index is 750. The van der Waals surface area contributed by atoms with Crippen molar-refractivity contribution in [3.8, 4) is 5.75 Å². The molecule has 3 nitrogen and oxygen atoms in total. The summed E-state index contributed by atoms with van der Waals surface area (Å²) in [5.74, 6) is -0.228. The second-order valence-electron chi connectivity index (χ2n) is 5.86. The fourth-order valence-corrected chi connectivity index (χ4v) is 3.22. The van der Waals surface area contributed by atoms with Gasteiger partial charge in [-0.3, -0.25) is 0 Å². The van der Waals surface area contributed by atoms with E-state index in [1.807, 2.05) is 12.1 Å². The zero-order chi connectivity index (χ0) is 17.9. The van der Waals surface area contributed by atoms with Gasteiger partial charge in [-0.15, -0.1) is 13.2 Å². The van der Waals surface area contributed by atoms with Crippen LogP contribution in [0.5, 0.6) is 5.75 Å². The molecular formula is C18H18ClF3N2O. The van der Waals surface area contributed by atoms with Crippen molar-refractivity contribution in [1.82, 2.24) is 5.32 Å². The Morgan fingerprint density at radius 1 is 1.12 bits per heavy atom. The van der Waals surface area contributed by atoms with Crippen LogP contribution in [0, 0.1) is 0 Å². The molecule has 1 heterocycles. The van der Waals surface area contributed by atoms with Gasteiger partial charge in [0.15, 0.2) is 0 Å². The third-order valence-corrected chi connectivity index (χ3v) is 4.40. The number of nitrogens with one attached hydrogen (secondary N) is 2. The molecule has 0 aromatic heterocycles. The van der Waals surface area contributed by atoms with Crippen molar-refractivity contribution in [2.75, 3.05) is 18.4 Å². The van der Waals surface area contributed by atoms with Crippen molar-refractivity contribution in [2.45, 2.75) is 25.7 Å². The molecule has 2 N–H and O–H groups in total. The van der Waals surface area contributed by atoms with Crippen molar-refractivity contribution >= 4 is 17.3 Å². The predicted octanol–water partition coefficient (Wildman–Crippen LogP) is 4.54. The monoisotopic (exact) mass is 370 g/mol. The molecule has 0 amide bonds. The number of benzene rings is 2. The highest BCUT2D eigenvalue weighted by atomic mass is 35.5. The molecule has 7 heteroatoms. The molecule has 134 valence electrons. The Balaban J connectivity index is 1.77. The van der Waals surface area contributed by atoms with E-state index < -0.39 is 6.36 Å². The molecule has 3 rings (SSSR count). The van der Waals surface area contributed by atoms with E-state index in [9.17, 15) is 13.2 Å². The smallest absolute Gasteiger partial charge is 0.406 e. The SMILES string of the molecule is FC(F)(F)Oc1cccc(CNc2c(Cl)ccc3c2CCNCC3)c1. The lowest BCUT2D eigenvalue weighted by Crippen LogP contribution is -2.17. The van der Waals surface area contributed by atoms with Gasteiger partial charge in [0.1, 0.15) is 5.75 Å². The number of anilines is 1. The molecule has 0 bridgehead atoms. The normalized spacial score (nSPS) is 14.6. The number of hydrogen-bond donors (Lipinski definition) is 2. The number of alkyl halides is 3. The summed E-state index contributed by atoms with van der Waals surface area (Å²) in [5, 5.41) is 7.24. The highest BCUT2D eigenvalue weighted by Crippen LogP contribution is 2.31. The Morgan fingerprint density at radius 3 is 2.72 bits per heavy atom. The molecule has 0 saturated carbocycles. The molecule has 0 spiro atoms. The number of ether oxygens (including phenoxy) is 1. The van der Waals surface area contributed by atoms with Gasteiger partial charge in [0.25, 0.3) is 0 Å². The second kappa shape index (κ2) is 7.54. The van der Waals surface area contributed by atoms with Crippen LogP contribution in [0.3, 0.4) is 0 Å². The molecule has 2 aromatic rings. The zero-order valence-corrected chi connectivity index (χ0v) is 14.2. The molecule has 0 aliphatic carbocycles. The molecule has 0 saturated heterocycles. The first-order valence-electron chi connectivity index (χ1n) is 8.02. The maximum Gasteiger partial charge on any atom is 0.573 e. The van der Waals surface area contributed by atoms with Gasteiger partial charge in [0.05, 0.1) is 10.7 Å². The molecule has 2 aromatic carbocycles. The van der Waals surface area contributed by atoms with Gasteiger partial charge in [0, 0.05) is 6.54 Å². The molecule has 0 radical (unpaired) electrons. The van der Waals surface area contributed by atoms with E-state index in [2.05, 4.69) is 15.4 Å². The van der Waals surface area contributed by atoms with E-state index >= 15 is 0 Å². The third-order valence-electron chi connectivity index (χ3n) is 4.08. The van der Waals surface area contributed by atoms with Crippen LogP contribution in [-0.2, 0) is 19.4 Å². The molecule has 0 unspecified atom stereocenters. The fraction of sp³-hybridized carbons (Fsp3) is 0.333. The first-order chi connectivity index (χ1) is 11.9. The summed E-state index contributed by atoms with van der Waals surface area (Å²) in [6.07, 6.45) is -2.91. The van der Waals surface area contributed by atoms with Gasteiger partial charge in [0.2, 0.25) is 0 Å². The molecule has 25 heavy (non-hydrogen) atoms. The lowest BCUT2D eigenvalue weighted by atomic mass is 10.0. The van der Waals surface area contributed by atoms with E-state index in [4.69, 9.17) is 11.6 Å². The largest absolute Gasteiger partial charge is 0.573 e. The first kappa shape index (κ1) is 17.9. The van der Waals surface area contributed by atoms with Crippen molar-refractivity contribution < 1.29 is 17.9 Å². The fourth-order valence-electron chi connectivity index (χ4n) is 2.98. The second-order valence-corrected chi connectivity index (χ2v) is 6.27. The van der Waals surface area contributed by atoms with Gasteiger partial charge in [-0.25, -0.2) is 0 Å². The average molecular weight is 371 g/mol. The van der Waals surface area contributed by atoms with Crippen molar-refractivity contribution in [1.29, 1.82) is 0 Å². The van der Waals surface area contributed by atoms with Crippen LogP contribution in [0.4, 0.5) is 18.9 Å². The van der Waals surface area contributed by atoms with Gasteiger partial charge >= 0.3 is 6.36 Å². The number of rotatable bonds is 4. The van der Waals surface area contributed by atoms with E-state index in [0.29, 0.717) is 17.1 Å². The summed E-state index contributed by atoms with van der Waals surface area (Å²) in [4.78, 5) is 0. The Kier molecular flexibility index (Phi) is 5.39. The minimum absolute atomic E-state index is 0.228. The molecule has 1 aliphatic heterocycles. The maximum atomic E-state index is 12.3. The molecule has 0 atom stereocenters. The molecular weight excluding hydrogens is 353 g/mol. The summed E-state index contributed by atoms with van der Waals surface area (Å²) in [7, 11) is 0. The highest BCUT2D eigenvalue weighted by molar-refractivity contribution is 6.33. The summed E-state index contributed by atoms with van der Waals surface area (Å²) in [6.45, 7) is 2.15. The topological polar surface area (TPSA) is 33.3 Å². The van der Waals surface area contributed by atoms with Crippen molar-refractivity contribution in [3.05, 3.63) is 58.1 Å². The maximum absolute atomic E-state index is 12.3. The van der Waals surface area contributed by atoms with Crippen molar-refractivity contribution in [2.24, 2.45) is 0 Å². The highest BCUT2D eigenvalue weighted by Gasteiger charge is 2.31. The first-order valence-corrected chi connectivity index (χ1v) is 8.40. The number of halogens is 4. The predicted molar refractivity (Wildman–Crippen MR) is 92.2 cm³/mol. The minimum atomic E-state index is -4.70. The Hall–Kier alpha value is -1.92. The Labute approximate surface area is 149 Å². The van der Waals surface area contributed by atoms with Crippen LogP contribution in [0.2, 0.25) is 5.02 Å². The quantitative estimate of drug-likeness (QED) is 0.829. The van der Waals surface area contributed by atoms with Crippen LogP contribution in [0.1, 0.15) is 16.7 Å². The summed E-state index contributed by atoms with van der Waals surface area (Å²) in [6, 6.07) is 9.83. The number of hydrogen-bond acceptors (Lipinski definition) is 3. The lowest BCUT2D eigenvalue weighted by molar-refractivity contribution is -0.274. The van der Waals surface area contributed by atoms with Crippen LogP contribution in [-0.4, -0.2) is 19.5 Å². The van der Waals surface area contributed by atoms with E-state index in [-0.39, 0.29) is 5.75 Å². The van der Waals surface area contributed by atoms with Gasteiger partial charge < -0.3 is 15.4 Å². The summed E-state index contributed by atoms with van der Waals surface area (Å²) >= 11 is 6.34. The average Bonchev–Trinajstić information content (AvgIpc) is 2.78. The van der Waals surface area contributed by atoms with Gasteiger partial charge in [-0.05, 0) is 60.8 Å².